The van der Waals surface area contributed by atoms with Gasteiger partial charge >= 0.3 is 5.97 Å². The van der Waals surface area contributed by atoms with E-state index >= 15 is 0 Å². The van der Waals surface area contributed by atoms with Gasteiger partial charge < -0.3 is 24.6 Å². The van der Waals surface area contributed by atoms with Crippen molar-refractivity contribution in [2.45, 2.75) is 66.5 Å². The molecule has 0 spiro atoms. The molecule has 2 aromatic carbocycles. The highest BCUT2D eigenvalue weighted by atomic mass is 16.4. The van der Waals surface area contributed by atoms with Crippen LogP contribution in [0, 0.1) is 20.8 Å². The second kappa shape index (κ2) is 10.7. The molecule has 1 aromatic heterocycles. The van der Waals surface area contributed by atoms with E-state index < -0.39 is 11.6 Å². The fourth-order valence-electron chi connectivity index (χ4n) is 5.15. The molecule has 2 heterocycles. The van der Waals surface area contributed by atoms with Crippen molar-refractivity contribution in [3.63, 3.8) is 0 Å². The maximum absolute atomic E-state index is 11.9. The number of likely N-dealkylation sites (N-methyl/N-ethyl adjacent to an activating group) is 1. The van der Waals surface area contributed by atoms with Crippen LogP contribution in [0.15, 0.2) is 30.3 Å². The second-order valence-electron chi connectivity index (χ2n) is 11.5. The van der Waals surface area contributed by atoms with E-state index in [1.165, 1.54) is 27.8 Å². The SMILES string of the molecule is CC(C)(C)O.Cc1ccc(-c2c(CC(=O)O)c(C)c3c4c2cc(C)n4C(C)CN3CCN(C)C)cc1. The molecule has 196 valence electrons. The van der Waals surface area contributed by atoms with Crippen LogP contribution in [0.5, 0.6) is 0 Å². The molecule has 4 rings (SSSR count). The highest BCUT2D eigenvalue weighted by molar-refractivity contribution is 6.07. The van der Waals surface area contributed by atoms with Crippen LogP contribution < -0.4 is 4.90 Å². The number of carbonyl (C=O) groups is 1. The Balaban J connectivity index is 0.000000658. The third-order valence-corrected chi connectivity index (χ3v) is 6.56. The summed E-state index contributed by atoms with van der Waals surface area (Å²) in [5, 5.41) is 19.5. The first-order valence-electron chi connectivity index (χ1n) is 12.8. The van der Waals surface area contributed by atoms with Crippen molar-refractivity contribution >= 4 is 22.6 Å². The number of carboxylic acids is 1. The smallest absolute Gasteiger partial charge is 0.307 e. The zero-order valence-corrected chi connectivity index (χ0v) is 23.4. The lowest BCUT2D eigenvalue weighted by molar-refractivity contribution is -0.136. The Morgan fingerprint density at radius 2 is 1.69 bits per heavy atom. The van der Waals surface area contributed by atoms with E-state index in [9.17, 15) is 9.90 Å². The lowest BCUT2D eigenvalue weighted by Crippen LogP contribution is -2.39. The van der Waals surface area contributed by atoms with Gasteiger partial charge in [-0.3, -0.25) is 4.79 Å². The first kappa shape index (κ1) is 27.8. The summed E-state index contributed by atoms with van der Waals surface area (Å²) in [6.45, 7) is 16.7. The molecule has 0 bridgehead atoms. The Hall–Kier alpha value is -2.83. The summed E-state index contributed by atoms with van der Waals surface area (Å²) in [6.07, 6.45) is 0.0271. The van der Waals surface area contributed by atoms with Gasteiger partial charge in [-0.05, 0) is 90.9 Å². The number of hydrogen-bond donors (Lipinski definition) is 2. The predicted molar refractivity (Wildman–Crippen MR) is 150 cm³/mol. The van der Waals surface area contributed by atoms with Crippen LogP contribution in [0.1, 0.15) is 56.1 Å². The summed E-state index contributed by atoms with van der Waals surface area (Å²) >= 11 is 0. The van der Waals surface area contributed by atoms with Crippen molar-refractivity contribution in [1.82, 2.24) is 9.47 Å². The average molecular weight is 494 g/mol. The molecule has 1 aliphatic rings. The molecule has 0 fully saturated rings. The van der Waals surface area contributed by atoms with Crippen LogP contribution in [0.4, 0.5) is 5.69 Å². The van der Waals surface area contributed by atoms with Gasteiger partial charge in [-0.25, -0.2) is 0 Å². The molecule has 6 nitrogen and oxygen atoms in total. The molecule has 0 radical (unpaired) electrons. The number of anilines is 1. The summed E-state index contributed by atoms with van der Waals surface area (Å²) in [5.41, 5.74) is 8.57. The average Bonchev–Trinajstić information content (AvgIpc) is 3.08. The van der Waals surface area contributed by atoms with Gasteiger partial charge in [-0.2, -0.15) is 0 Å². The highest BCUT2D eigenvalue weighted by Crippen LogP contribution is 2.46. The fourth-order valence-corrected chi connectivity index (χ4v) is 5.15. The minimum atomic E-state index is -0.789. The van der Waals surface area contributed by atoms with Crippen LogP contribution in [-0.4, -0.2) is 65.0 Å². The van der Waals surface area contributed by atoms with E-state index in [2.05, 4.69) is 86.5 Å². The van der Waals surface area contributed by atoms with Gasteiger partial charge in [0.05, 0.1) is 23.2 Å². The van der Waals surface area contributed by atoms with Gasteiger partial charge in [0.1, 0.15) is 0 Å². The zero-order valence-electron chi connectivity index (χ0n) is 23.4. The van der Waals surface area contributed by atoms with E-state index in [0.29, 0.717) is 6.04 Å². The summed E-state index contributed by atoms with van der Waals surface area (Å²) in [6, 6.07) is 11.1. The van der Waals surface area contributed by atoms with Crippen molar-refractivity contribution < 1.29 is 15.0 Å². The monoisotopic (exact) mass is 493 g/mol. The van der Waals surface area contributed by atoms with Crippen LogP contribution in [0.2, 0.25) is 0 Å². The maximum atomic E-state index is 11.9. The lowest BCUT2D eigenvalue weighted by atomic mass is 9.88. The number of aromatic nitrogens is 1. The third kappa shape index (κ3) is 6.11. The standard InChI is InChI=1S/C26H33N3O2.C4H10O/c1-16-7-9-20(10-8-16)24-21(14-23(30)31)19(4)25-26-22(24)13-17(2)29(26)18(3)15-28(25)12-11-27(5)6;1-4(2,3)5/h7-10,13,18H,11-12,14-15H2,1-6H3,(H,30,31);5H,1-3H3. The molecule has 3 aromatic rings. The molecule has 0 saturated carbocycles. The molecule has 0 amide bonds. The van der Waals surface area contributed by atoms with E-state index in [1.807, 2.05) is 0 Å². The Morgan fingerprint density at radius 3 is 2.22 bits per heavy atom. The number of benzene rings is 2. The van der Waals surface area contributed by atoms with Crippen molar-refractivity contribution in [2.75, 3.05) is 38.6 Å². The van der Waals surface area contributed by atoms with Crippen molar-refractivity contribution in [3.05, 3.63) is 52.7 Å². The molecule has 1 aliphatic heterocycles. The van der Waals surface area contributed by atoms with Crippen LogP contribution in [0.3, 0.4) is 0 Å². The Bertz CT molecular complexity index is 1230. The number of rotatable bonds is 6. The lowest BCUT2D eigenvalue weighted by Gasteiger charge is -2.38. The number of nitrogens with zero attached hydrogens (tertiary/aromatic N) is 3. The number of carboxylic acid groups (broad SMARTS) is 1. The van der Waals surface area contributed by atoms with E-state index in [-0.39, 0.29) is 6.42 Å². The first-order valence-corrected chi connectivity index (χ1v) is 12.8. The fraction of sp³-hybridized carbons (Fsp3) is 0.500. The zero-order chi connectivity index (χ0) is 26.9. The Morgan fingerprint density at radius 1 is 1.11 bits per heavy atom. The largest absolute Gasteiger partial charge is 0.481 e. The van der Waals surface area contributed by atoms with Gasteiger partial charge in [-0.1, -0.05) is 29.8 Å². The van der Waals surface area contributed by atoms with Crippen LogP contribution in [-0.2, 0) is 11.2 Å². The van der Waals surface area contributed by atoms with Gasteiger partial charge in [0.2, 0.25) is 0 Å². The molecule has 36 heavy (non-hydrogen) atoms. The molecule has 6 heteroatoms. The third-order valence-electron chi connectivity index (χ3n) is 6.56. The van der Waals surface area contributed by atoms with Crippen molar-refractivity contribution in [1.29, 1.82) is 0 Å². The summed E-state index contributed by atoms with van der Waals surface area (Å²) in [4.78, 5) is 16.6. The topological polar surface area (TPSA) is 68.9 Å². The highest BCUT2D eigenvalue weighted by Gasteiger charge is 2.31. The number of aryl methyl sites for hydroxylation is 2. The summed E-state index contributed by atoms with van der Waals surface area (Å²) in [7, 11) is 4.19. The Kier molecular flexibility index (Phi) is 8.21. The Labute approximate surface area is 216 Å². The number of aliphatic hydroxyl groups is 1. The molecule has 0 saturated heterocycles. The van der Waals surface area contributed by atoms with Gasteiger partial charge in [0.25, 0.3) is 0 Å². The van der Waals surface area contributed by atoms with Crippen LogP contribution in [0.25, 0.3) is 22.0 Å². The number of aliphatic carboxylic acids is 1. The first-order chi connectivity index (χ1) is 16.7. The van der Waals surface area contributed by atoms with Gasteiger partial charge in [-0.15, -0.1) is 0 Å². The van der Waals surface area contributed by atoms with Gasteiger partial charge in [0, 0.05) is 36.8 Å². The van der Waals surface area contributed by atoms with E-state index in [1.54, 1.807) is 20.8 Å². The predicted octanol–water partition coefficient (Wildman–Crippen LogP) is 5.58. The molecule has 2 N–H and O–H groups in total. The van der Waals surface area contributed by atoms with E-state index in [4.69, 9.17) is 5.11 Å². The molecule has 0 aliphatic carbocycles. The summed E-state index contributed by atoms with van der Waals surface area (Å²) < 4.78 is 2.45. The number of hydrogen-bond acceptors (Lipinski definition) is 4. The summed E-state index contributed by atoms with van der Waals surface area (Å²) in [5.74, 6) is -0.789. The molecular formula is C30H43N3O3. The maximum Gasteiger partial charge on any atom is 0.307 e. The van der Waals surface area contributed by atoms with Gasteiger partial charge in [0.15, 0.2) is 0 Å². The van der Waals surface area contributed by atoms with Crippen LogP contribution >= 0.6 is 0 Å². The minimum Gasteiger partial charge on any atom is -0.481 e. The normalized spacial score (nSPS) is 15.3. The molecular weight excluding hydrogens is 450 g/mol. The molecule has 1 atom stereocenters. The molecule has 1 unspecified atom stereocenters. The minimum absolute atomic E-state index is 0.0271. The quantitative estimate of drug-likeness (QED) is 0.469. The van der Waals surface area contributed by atoms with Crippen molar-refractivity contribution in [3.8, 4) is 11.1 Å². The second-order valence-corrected chi connectivity index (χ2v) is 11.5. The van der Waals surface area contributed by atoms with E-state index in [0.717, 1.165) is 41.9 Å². The van der Waals surface area contributed by atoms with Crippen molar-refractivity contribution in [2.24, 2.45) is 0 Å².